The third-order valence-electron chi connectivity index (χ3n) is 2.55. The van der Waals surface area contributed by atoms with Crippen LogP contribution in [0.3, 0.4) is 0 Å². The monoisotopic (exact) mass is 231 g/mol. The lowest BCUT2D eigenvalue weighted by Crippen LogP contribution is -2.15. The number of rotatable bonds is 4. The molecule has 5 nitrogen and oxygen atoms in total. The zero-order chi connectivity index (χ0) is 12.3. The summed E-state index contributed by atoms with van der Waals surface area (Å²) in [5.41, 5.74) is 2.17. The summed E-state index contributed by atoms with van der Waals surface area (Å²) < 4.78 is 1.86. The van der Waals surface area contributed by atoms with E-state index in [9.17, 15) is 0 Å². The molecule has 1 N–H and O–H groups in total. The molecule has 2 aromatic rings. The van der Waals surface area contributed by atoms with Crippen LogP contribution in [0.2, 0.25) is 0 Å². The maximum Gasteiger partial charge on any atom is 0.148 e. The van der Waals surface area contributed by atoms with E-state index in [0.717, 1.165) is 36.0 Å². The van der Waals surface area contributed by atoms with E-state index in [-0.39, 0.29) is 0 Å². The summed E-state index contributed by atoms with van der Waals surface area (Å²) in [7, 11) is 0. The lowest BCUT2D eigenvalue weighted by atomic mass is 10.2. The van der Waals surface area contributed by atoms with Gasteiger partial charge in [-0.05, 0) is 26.5 Å². The van der Waals surface area contributed by atoms with Crippen molar-refractivity contribution in [1.29, 1.82) is 0 Å². The summed E-state index contributed by atoms with van der Waals surface area (Å²) in [6, 6.07) is 1.97. The van der Waals surface area contributed by atoms with Gasteiger partial charge in [-0.3, -0.25) is 4.98 Å². The molecule has 17 heavy (non-hydrogen) atoms. The van der Waals surface area contributed by atoms with Crippen LogP contribution in [-0.2, 0) is 6.54 Å². The van der Waals surface area contributed by atoms with E-state index in [1.54, 1.807) is 6.20 Å². The Morgan fingerprint density at radius 3 is 2.82 bits per heavy atom. The van der Waals surface area contributed by atoms with Crippen molar-refractivity contribution in [2.75, 3.05) is 6.54 Å². The van der Waals surface area contributed by atoms with E-state index in [2.05, 4.69) is 27.3 Å². The standard InChI is InChI=1S/C12H17N5/c1-4-13-7-11-8-14-6-5-12(11)17-10(3)15-9(2)16-17/h5-6,8,13H,4,7H2,1-3H3. The van der Waals surface area contributed by atoms with Gasteiger partial charge in [-0.1, -0.05) is 6.92 Å². The summed E-state index contributed by atoms with van der Waals surface area (Å²) >= 11 is 0. The van der Waals surface area contributed by atoms with Crippen molar-refractivity contribution >= 4 is 0 Å². The van der Waals surface area contributed by atoms with Gasteiger partial charge in [0.05, 0.1) is 5.69 Å². The highest BCUT2D eigenvalue weighted by Crippen LogP contribution is 2.14. The Hall–Kier alpha value is -1.75. The Morgan fingerprint density at radius 2 is 2.18 bits per heavy atom. The van der Waals surface area contributed by atoms with Gasteiger partial charge in [0.2, 0.25) is 0 Å². The van der Waals surface area contributed by atoms with E-state index >= 15 is 0 Å². The number of hydrogen-bond donors (Lipinski definition) is 1. The Balaban J connectivity index is 2.40. The van der Waals surface area contributed by atoms with Crippen molar-refractivity contribution in [1.82, 2.24) is 25.1 Å². The largest absolute Gasteiger partial charge is 0.313 e. The molecule has 0 aliphatic carbocycles. The highest BCUT2D eigenvalue weighted by atomic mass is 15.3. The van der Waals surface area contributed by atoms with Crippen LogP contribution in [0, 0.1) is 13.8 Å². The van der Waals surface area contributed by atoms with Gasteiger partial charge >= 0.3 is 0 Å². The fourth-order valence-electron chi connectivity index (χ4n) is 1.77. The van der Waals surface area contributed by atoms with E-state index in [1.165, 1.54) is 0 Å². The molecule has 0 unspecified atom stereocenters. The molecule has 0 bridgehead atoms. The SMILES string of the molecule is CCNCc1cnccc1-n1nc(C)nc1C. The molecule has 0 saturated carbocycles. The average Bonchev–Trinajstić information content (AvgIpc) is 2.66. The van der Waals surface area contributed by atoms with Gasteiger partial charge in [-0.25, -0.2) is 9.67 Å². The fourth-order valence-corrected chi connectivity index (χ4v) is 1.77. The van der Waals surface area contributed by atoms with Gasteiger partial charge in [0.25, 0.3) is 0 Å². The molecule has 2 rings (SSSR count). The molecule has 2 heterocycles. The normalized spacial score (nSPS) is 10.8. The topological polar surface area (TPSA) is 55.6 Å². The summed E-state index contributed by atoms with van der Waals surface area (Å²) in [4.78, 5) is 8.48. The van der Waals surface area contributed by atoms with Crippen LogP contribution in [0.5, 0.6) is 0 Å². The second kappa shape index (κ2) is 5.05. The van der Waals surface area contributed by atoms with E-state index in [4.69, 9.17) is 0 Å². The van der Waals surface area contributed by atoms with Crippen molar-refractivity contribution in [3.8, 4) is 5.69 Å². The molecule has 2 aromatic heterocycles. The Labute approximate surface area is 101 Å². The number of aromatic nitrogens is 4. The molecule has 0 spiro atoms. The molecule has 0 fully saturated rings. The van der Waals surface area contributed by atoms with E-state index in [1.807, 2.05) is 30.8 Å². The highest BCUT2D eigenvalue weighted by Gasteiger charge is 2.09. The summed E-state index contributed by atoms with van der Waals surface area (Å²) in [5, 5.41) is 7.70. The Bertz CT molecular complexity index is 503. The minimum Gasteiger partial charge on any atom is -0.313 e. The second-order valence-corrected chi connectivity index (χ2v) is 3.90. The van der Waals surface area contributed by atoms with Crippen LogP contribution in [0.15, 0.2) is 18.5 Å². The smallest absolute Gasteiger partial charge is 0.148 e. The molecule has 90 valence electrons. The van der Waals surface area contributed by atoms with E-state index < -0.39 is 0 Å². The number of aryl methyl sites for hydroxylation is 2. The van der Waals surface area contributed by atoms with Crippen molar-refractivity contribution in [3.05, 3.63) is 35.7 Å². The van der Waals surface area contributed by atoms with Gasteiger partial charge in [-0.2, -0.15) is 5.10 Å². The number of hydrogen-bond acceptors (Lipinski definition) is 4. The second-order valence-electron chi connectivity index (χ2n) is 3.90. The zero-order valence-corrected chi connectivity index (χ0v) is 10.4. The lowest BCUT2D eigenvalue weighted by Gasteiger charge is -2.09. The molecular weight excluding hydrogens is 214 g/mol. The predicted octanol–water partition coefficient (Wildman–Crippen LogP) is 1.39. The van der Waals surface area contributed by atoms with Crippen molar-refractivity contribution < 1.29 is 0 Å². The van der Waals surface area contributed by atoms with Crippen LogP contribution in [-0.4, -0.2) is 26.3 Å². The number of pyridine rings is 1. The van der Waals surface area contributed by atoms with Gasteiger partial charge in [0.15, 0.2) is 0 Å². The third kappa shape index (κ3) is 2.50. The molecule has 0 atom stereocenters. The van der Waals surface area contributed by atoms with E-state index in [0.29, 0.717) is 0 Å². The predicted molar refractivity (Wildman–Crippen MR) is 66.0 cm³/mol. The Kier molecular flexibility index (Phi) is 3.49. The first-order valence-corrected chi connectivity index (χ1v) is 5.76. The summed E-state index contributed by atoms with van der Waals surface area (Å²) in [6.07, 6.45) is 3.65. The van der Waals surface area contributed by atoms with Gasteiger partial charge in [0.1, 0.15) is 11.6 Å². The molecular formula is C12H17N5. The van der Waals surface area contributed by atoms with Crippen LogP contribution < -0.4 is 5.32 Å². The maximum absolute atomic E-state index is 4.40. The highest BCUT2D eigenvalue weighted by molar-refractivity contribution is 5.38. The van der Waals surface area contributed by atoms with Crippen LogP contribution in [0.1, 0.15) is 24.1 Å². The minimum atomic E-state index is 0.786. The first kappa shape index (κ1) is 11.7. The first-order valence-electron chi connectivity index (χ1n) is 5.76. The van der Waals surface area contributed by atoms with Crippen LogP contribution in [0.4, 0.5) is 0 Å². The molecule has 0 saturated heterocycles. The van der Waals surface area contributed by atoms with Crippen LogP contribution in [0.25, 0.3) is 5.69 Å². The molecule has 0 aromatic carbocycles. The van der Waals surface area contributed by atoms with Crippen LogP contribution >= 0.6 is 0 Å². The zero-order valence-electron chi connectivity index (χ0n) is 10.4. The fraction of sp³-hybridized carbons (Fsp3) is 0.417. The van der Waals surface area contributed by atoms with Gasteiger partial charge in [-0.15, -0.1) is 0 Å². The molecule has 0 aliphatic rings. The van der Waals surface area contributed by atoms with Crippen molar-refractivity contribution in [2.24, 2.45) is 0 Å². The summed E-state index contributed by atoms with van der Waals surface area (Å²) in [5.74, 6) is 1.68. The van der Waals surface area contributed by atoms with Gasteiger partial charge < -0.3 is 5.32 Å². The lowest BCUT2D eigenvalue weighted by molar-refractivity contribution is 0.710. The molecule has 0 amide bonds. The maximum atomic E-state index is 4.40. The first-order chi connectivity index (χ1) is 8.22. The number of nitrogens with one attached hydrogen (secondary N) is 1. The molecule has 0 aliphatic heterocycles. The average molecular weight is 231 g/mol. The quantitative estimate of drug-likeness (QED) is 0.864. The number of nitrogens with zero attached hydrogens (tertiary/aromatic N) is 4. The summed E-state index contributed by atoms with van der Waals surface area (Å²) in [6.45, 7) is 7.66. The minimum absolute atomic E-state index is 0.786. The van der Waals surface area contributed by atoms with Crippen molar-refractivity contribution in [3.63, 3.8) is 0 Å². The van der Waals surface area contributed by atoms with Gasteiger partial charge in [0, 0.05) is 24.5 Å². The molecule has 5 heteroatoms. The Morgan fingerprint density at radius 1 is 1.35 bits per heavy atom. The third-order valence-corrected chi connectivity index (χ3v) is 2.55. The van der Waals surface area contributed by atoms with Crippen molar-refractivity contribution in [2.45, 2.75) is 27.3 Å². The molecule has 0 radical (unpaired) electrons.